The number of hydrogen-bond acceptors (Lipinski definition) is 5. The van der Waals surface area contributed by atoms with Gasteiger partial charge in [0.2, 0.25) is 5.95 Å². The highest BCUT2D eigenvalue weighted by Gasteiger charge is 2.36. The standard InChI is InChI=1S/C16H17N5O2/c1-23-10-8-13(14-17-6-7-18-14)21(9-10)16-19-12-5-3-2-4-11(12)15(22)20-16/h2-7,10,13H,8-9H2,1H3,(H,17,18)(H,19,20,22)/t10-,13?/m1/s1. The van der Waals surface area contributed by atoms with Gasteiger partial charge in [0.25, 0.3) is 5.56 Å². The van der Waals surface area contributed by atoms with Gasteiger partial charge in [-0.2, -0.15) is 0 Å². The van der Waals surface area contributed by atoms with E-state index in [0.29, 0.717) is 23.4 Å². The van der Waals surface area contributed by atoms with E-state index >= 15 is 0 Å². The van der Waals surface area contributed by atoms with Crippen molar-refractivity contribution in [3.05, 3.63) is 52.8 Å². The molecule has 1 fully saturated rings. The number of anilines is 1. The highest BCUT2D eigenvalue weighted by molar-refractivity contribution is 5.78. The molecular formula is C16H17N5O2. The van der Waals surface area contributed by atoms with Gasteiger partial charge >= 0.3 is 0 Å². The van der Waals surface area contributed by atoms with Crippen molar-refractivity contribution in [1.82, 2.24) is 19.9 Å². The summed E-state index contributed by atoms with van der Waals surface area (Å²) in [6, 6.07) is 7.34. The van der Waals surface area contributed by atoms with Crippen molar-refractivity contribution in [1.29, 1.82) is 0 Å². The first-order chi connectivity index (χ1) is 11.3. The minimum absolute atomic E-state index is 0.000683. The van der Waals surface area contributed by atoms with E-state index in [4.69, 9.17) is 4.74 Å². The lowest BCUT2D eigenvalue weighted by molar-refractivity contribution is 0.118. The molecule has 0 radical (unpaired) electrons. The zero-order valence-electron chi connectivity index (χ0n) is 12.7. The lowest BCUT2D eigenvalue weighted by Gasteiger charge is -2.23. The summed E-state index contributed by atoms with van der Waals surface area (Å²) >= 11 is 0. The number of nitrogens with zero attached hydrogens (tertiary/aromatic N) is 3. The second-order valence-electron chi connectivity index (χ2n) is 5.64. The third-order valence-corrected chi connectivity index (χ3v) is 4.30. The van der Waals surface area contributed by atoms with Crippen LogP contribution in [0.15, 0.2) is 41.5 Å². The van der Waals surface area contributed by atoms with Crippen molar-refractivity contribution in [3.8, 4) is 0 Å². The number of para-hydroxylation sites is 1. The van der Waals surface area contributed by atoms with Gasteiger partial charge in [-0.05, 0) is 12.1 Å². The van der Waals surface area contributed by atoms with Crippen LogP contribution in [0.25, 0.3) is 10.9 Å². The molecule has 118 valence electrons. The minimum atomic E-state index is -0.135. The molecule has 7 nitrogen and oxygen atoms in total. The summed E-state index contributed by atoms with van der Waals surface area (Å²) < 4.78 is 5.51. The fourth-order valence-electron chi connectivity index (χ4n) is 3.13. The molecule has 1 aromatic carbocycles. The average Bonchev–Trinajstić information content (AvgIpc) is 3.24. The van der Waals surface area contributed by atoms with Gasteiger partial charge in [-0.25, -0.2) is 9.97 Å². The van der Waals surface area contributed by atoms with Crippen LogP contribution < -0.4 is 10.5 Å². The molecule has 0 aliphatic carbocycles. The van der Waals surface area contributed by atoms with E-state index in [1.165, 1.54) is 0 Å². The lowest BCUT2D eigenvalue weighted by Crippen LogP contribution is -2.29. The Bertz CT molecular complexity index is 874. The molecule has 7 heteroatoms. The Morgan fingerprint density at radius 2 is 2.22 bits per heavy atom. The van der Waals surface area contributed by atoms with E-state index in [-0.39, 0.29) is 17.7 Å². The summed E-state index contributed by atoms with van der Waals surface area (Å²) in [5.74, 6) is 1.40. The Morgan fingerprint density at radius 1 is 1.35 bits per heavy atom. The SMILES string of the molecule is CO[C@@H]1CC(c2ncc[nH]2)N(c2nc3ccccc3c(=O)[nH]2)C1. The van der Waals surface area contributed by atoms with E-state index in [9.17, 15) is 4.79 Å². The van der Waals surface area contributed by atoms with Gasteiger partial charge in [0.15, 0.2) is 0 Å². The Kier molecular flexibility index (Phi) is 3.34. The summed E-state index contributed by atoms with van der Waals surface area (Å²) in [6.07, 6.45) is 4.39. The normalized spacial score (nSPS) is 21.2. The summed E-state index contributed by atoms with van der Waals surface area (Å²) in [5.41, 5.74) is 0.551. The van der Waals surface area contributed by atoms with Crippen LogP contribution in [0.1, 0.15) is 18.3 Å². The molecule has 1 unspecified atom stereocenters. The van der Waals surface area contributed by atoms with Crippen LogP contribution in [0.5, 0.6) is 0 Å². The second-order valence-corrected chi connectivity index (χ2v) is 5.64. The van der Waals surface area contributed by atoms with Crippen molar-refractivity contribution in [2.45, 2.75) is 18.6 Å². The fraction of sp³-hybridized carbons (Fsp3) is 0.312. The van der Waals surface area contributed by atoms with Gasteiger partial charge in [-0.15, -0.1) is 0 Å². The van der Waals surface area contributed by atoms with Crippen LogP contribution in [0.4, 0.5) is 5.95 Å². The molecule has 1 aliphatic heterocycles. The number of rotatable bonds is 3. The highest BCUT2D eigenvalue weighted by atomic mass is 16.5. The van der Waals surface area contributed by atoms with Gasteiger partial charge in [-0.3, -0.25) is 9.78 Å². The minimum Gasteiger partial charge on any atom is -0.380 e. The monoisotopic (exact) mass is 311 g/mol. The molecule has 1 saturated heterocycles. The van der Waals surface area contributed by atoms with Crippen LogP contribution in [-0.2, 0) is 4.74 Å². The summed E-state index contributed by atoms with van der Waals surface area (Å²) in [4.78, 5) is 29.4. The second kappa shape index (κ2) is 5.51. The Labute approximate surface area is 132 Å². The Balaban J connectivity index is 1.80. The highest BCUT2D eigenvalue weighted by Crippen LogP contribution is 2.34. The number of imidazole rings is 1. The number of fused-ring (bicyclic) bond motifs is 1. The molecule has 2 aromatic heterocycles. The van der Waals surface area contributed by atoms with Crippen molar-refractivity contribution < 1.29 is 4.74 Å². The van der Waals surface area contributed by atoms with Crippen molar-refractivity contribution >= 4 is 16.9 Å². The van der Waals surface area contributed by atoms with Crippen LogP contribution in [0, 0.1) is 0 Å². The molecule has 23 heavy (non-hydrogen) atoms. The van der Waals surface area contributed by atoms with Gasteiger partial charge in [-0.1, -0.05) is 12.1 Å². The third-order valence-electron chi connectivity index (χ3n) is 4.30. The Morgan fingerprint density at radius 3 is 3.00 bits per heavy atom. The maximum absolute atomic E-state index is 12.3. The van der Waals surface area contributed by atoms with E-state index in [0.717, 1.165) is 12.2 Å². The molecule has 2 atom stereocenters. The maximum atomic E-state index is 12.3. The number of nitrogens with one attached hydrogen (secondary N) is 2. The largest absolute Gasteiger partial charge is 0.380 e. The molecule has 0 saturated carbocycles. The number of H-pyrrole nitrogens is 2. The smallest absolute Gasteiger partial charge is 0.260 e. The summed E-state index contributed by atoms with van der Waals surface area (Å²) in [6.45, 7) is 0.656. The summed E-state index contributed by atoms with van der Waals surface area (Å²) in [7, 11) is 1.70. The molecule has 3 heterocycles. The van der Waals surface area contributed by atoms with Gasteiger partial charge < -0.3 is 14.6 Å². The molecule has 1 aliphatic rings. The zero-order chi connectivity index (χ0) is 15.8. The van der Waals surface area contributed by atoms with E-state index in [1.807, 2.05) is 23.1 Å². The first-order valence-corrected chi connectivity index (χ1v) is 7.54. The first-order valence-electron chi connectivity index (χ1n) is 7.54. The Hall–Kier alpha value is -2.67. The topological polar surface area (TPSA) is 86.9 Å². The predicted octanol–water partition coefficient (Wildman–Crippen LogP) is 1.61. The molecule has 0 bridgehead atoms. The van der Waals surface area contributed by atoms with E-state index < -0.39 is 0 Å². The molecule has 0 amide bonds. The van der Waals surface area contributed by atoms with Crippen molar-refractivity contribution in [3.63, 3.8) is 0 Å². The number of benzene rings is 1. The van der Waals surface area contributed by atoms with Crippen molar-refractivity contribution in [2.75, 3.05) is 18.6 Å². The summed E-state index contributed by atoms with van der Waals surface area (Å²) in [5, 5.41) is 0.591. The molecule has 3 aromatic rings. The molecule has 2 N–H and O–H groups in total. The van der Waals surface area contributed by atoms with Gasteiger partial charge in [0.05, 0.1) is 23.0 Å². The number of aromatic amines is 2. The number of hydrogen-bond donors (Lipinski definition) is 2. The van der Waals surface area contributed by atoms with Gasteiger partial charge in [0.1, 0.15) is 5.82 Å². The molecule has 4 rings (SSSR count). The van der Waals surface area contributed by atoms with Crippen LogP contribution >= 0.6 is 0 Å². The zero-order valence-corrected chi connectivity index (χ0v) is 12.7. The number of aromatic nitrogens is 4. The third kappa shape index (κ3) is 2.39. The molecule has 0 spiro atoms. The van der Waals surface area contributed by atoms with E-state index in [1.54, 1.807) is 25.6 Å². The van der Waals surface area contributed by atoms with Crippen LogP contribution in [0.2, 0.25) is 0 Å². The quantitative estimate of drug-likeness (QED) is 0.767. The predicted molar refractivity (Wildman–Crippen MR) is 86.5 cm³/mol. The lowest BCUT2D eigenvalue weighted by atomic mass is 10.2. The van der Waals surface area contributed by atoms with Gasteiger partial charge in [0, 0.05) is 32.5 Å². The number of methoxy groups -OCH3 is 1. The van der Waals surface area contributed by atoms with Crippen molar-refractivity contribution in [2.24, 2.45) is 0 Å². The first kappa shape index (κ1) is 14.0. The average molecular weight is 311 g/mol. The van der Waals surface area contributed by atoms with Crippen LogP contribution in [0.3, 0.4) is 0 Å². The van der Waals surface area contributed by atoms with Crippen LogP contribution in [-0.4, -0.2) is 39.7 Å². The molecular weight excluding hydrogens is 294 g/mol. The van der Waals surface area contributed by atoms with E-state index in [2.05, 4.69) is 19.9 Å². The maximum Gasteiger partial charge on any atom is 0.260 e. The fourth-order valence-corrected chi connectivity index (χ4v) is 3.13. The number of ether oxygens (including phenoxy) is 1.